The largest absolute Gasteiger partial charge is 0.294 e. The number of imide groups is 1. The summed E-state index contributed by atoms with van der Waals surface area (Å²) in [6, 6.07) is 8.50. The summed E-state index contributed by atoms with van der Waals surface area (Å²) in [5.74, 6) is -1.71. The Kier molecular flexibility index (Phi) is 4.63. The third-order valence-corrected chi connectivity index (χ3v) is 5.23. The second-order valence-electron chi connectivity index (χ2n) is 5.91. The van der Waals surface area contributed by atoms with Crippen molar-refractivity contribution in [3.8, 4) is 0 Å². The molecule has 1 aromatic heterocycles. The Morgan fingerprint density at radius 1 is 1.11 bits per heavy atom. The topological polar surface area (TPSA) is 114 Å². The Hall–Kier alpha value is -3.33. The van der Waals surface area contributed by atoms with Gasteiger partial charge in [-0.2, -0.15) is 0 Å². The molecule has 0 saturated heterocycles. The van der Waals surface area contributed by atoms with Crippen molar-refractivity contribution in [3.63, 3.8) is 0 Å². The van der Waals surface area contributed by atoms with Gasteiger partial charge >= 0.3 is 0 Å². The maximum absolute atomic E-state index is 12.5. The number of pyridine rings is 1. The highest BCUT2D eigenvalue weighted by molar-refractivity contribution is 7.92. The van der Waals surface area contributed by atoms with E-state index in [-0.39, 0.29) is 22.0 Å². The number of carbonyl (C=O) groups is 3. The van der Waals surface area contributed by atoms with Crippen LogP contribution in [0.4, 0.5) is 11.5 Å². The van der Waals surface area contributed by atoms with Gasteiger partial charge in [0.25, 0.3) is 21.8 Å². The molecule has 0 aliphatic carbocycles. The van der Waals surface area contributed by atoms with E-state index in [0.29, 0.717) is 0 Å². The molecule has 2 amide bonds. The zero-order valence-corrected chi connectivity index (χ0v) is 15.3. The van der Waals surface area contributed by atoms with E-state index in [0.717, 1.165) is 16.5 Å². The molecule has 0 fully saturated rings. The molecule has 1 N–H and O–H groups in total. The Morgan fingerprint density at radius 2 is 1.78 bits per heavy atom. The Labute approximate surface area is 155 Å². The van der Waals surface area contributed by atoms with Crippen molar-refractivity contribution >= 4 is 39.1 Å². The van der Waals surface area contributed by atoms with Crippen molar-refractivity contribution in [3.05, 3.63) is 59.8 Å². The summed E-state index contributed by atoms with van der Waals surface area (Å²) in [7, 11) is -3.89. The molecular weight excluding hydrogens is 370 g/mol. The number of nitrogens with zero attached hydrogens (tertiary/aromatic N) is 2. The van der Waals surface area contributed by atoms with Crippen LogP contribution >= 0.6 is 0 Å². The Morgan fingerprint density at radius 3 is 2.33 bits per heavy atom. The summed E-state index contributed by atoms with van der Waals surface area (Å²) in [4.78, 5) is 40.3. The predicted molar refractivity (Wildman–Crippen MR) is 97.5 cm³/mol. The average Bonchev–Trinajstić information content (AvgIpc) is 2.89. The number of nitrogens with one attached hydrogen (secondary N) is 1. The van der Waals surface area contributed by atoms with Crippen LogP contribution in [-0.2, 0) is 24.4 Å². The second kappa shape index (κ2) is 6.76. The summed E-state index contributed by atoms with van der Waals surface area (Å²) < 4.78 is 27.3. The number of hydrogen-bond donors (Lipinski definition) is 1. The molecule has 8 nitrogen and oxygen atoms in total. The molecule has 0 radical (unpaired) electrons. The van der Waals surface area contributed by atoms with Gasteiger partial charge in [-0.25, -0.2) is 18.3 Å². The van der Waals surface area contributed by atoms with Crippen LogP contribution in [-0.4, -0.2) is 31.0 Å². The van der Waals surface area contributed by atoms with Gasteiger partial charge in [-0.15, -0.1) is 0 Å². The van der Waals surface area contributed by atoms with Crippen molar-refractivity contribution in [1.82, 2.24) is 4.98 Å². The highest BCUT2D eigenvalue weighted by atomic mass is 32.2. The zero-order chi connectivity index (χ0) is 19.8. The minimum Gasteiger partial charge on any atom is -0.294 e. The molecule has 0 saturated carbocycles. The first kappa shape index (κ1) is 18.5. The van der Waals surface area contributed by atoms with Crippen LogP contribution in [0.5, 0.6) is 0 Å². The monoisotopic (exact) mass is 385 g/mol. The number of Topliss-reactive ketones (excluding diaryl/α,β-unsaturated/α-hetero) is 1. The SMILES string of the molecule is CC(=O)C1=CC(=O)N(c2ccc(S(=O)(=O)Nc3cc(C)ccn3)cc2)C1=O. The van der Waals surface area contributed by atoms with E-state index in [4.69, 9.17) is 0 Å². The molecule has 3 rings (SSSR count). The van der Waals surface area contributed by atoms with Gasteiger partial charge in [0.1, 0.15) is 5.82 Å². The first-order valence-electron chi connectivity index (χ1n) is 7.85. The molecule has 0 bridgehead atoms. The lowest BCUT2D eigenvalue weighted by Crippen LogP contribution is -2.31. The van der Waals surface area contributed by atoms with Crippen molar-refractivity contribution < 1.29 is 22.8 Å². The fourth-order valence-corrected chi connectivity index (χ4v) is 3.53. The number of aryl methyl sites for hydroxylation is 1. The molecule has 138 valence electrons. The summed E-state index contributed by atoms with van der Waals surface area (Å²) in [5.41, 5.74) is 0.812. The fraction of sp³-hybridized carbons (Fsp3) is 0.111. The van der Waals surface area contributed by atoms with Crippen LogP contribution in [0.25, 0.3) is 0 Å². The van der Waals surface area contributed by atoms with Gasteiger partial charge in [-0.3, -0.25) is 19.1 Å². The maximum Gasteiger partial charge on any atom is 0.269 e. The van der Waals surface area contributed by atoms with Crippen molar-refractivity contribution in [1.29, 1.82) is 0 Å². The number of anilines is 2. The number of carbonyl (C=O) groups excluding carboxylic acids is 3. The minimum absolute atomic E-state index is 0.0617. The Balaban J connectivity index is 1.84. The van der Waals surface area contributed by atoms with Crippen LogP contribution in [0.3, 0.4) is 0 Å². The van der Waals surface area contributed by atoms with Crippen LogP contribution in [0, 0.1) is 6.92 Å². The van der Waals surface area contributed by atoms with Gasteiger partial charge in [0.15, 0.2) is 5.78 Å². The van der Waals surface area contributed by atoms with Crippen molar-refractivity contribution in [2.24, 2.45) is 0 Å². The normalized spacial score (nSPS) is 14.3. The Bertz CT molecular complexity index is 1090. The van der Waals surface area contributed by atoms with E-state index < -0.39 is 27.6 Å². The lowest BCUT2D eigenvalue weighted by molar-refractivity contribution is -0.121. The lowest BCUT2D eigenvalue weighted by Gasteiger charge is -2.15. The molecular formula is C18H15N3O5S. The number of rotatable bonds is 5. The van der Waals surface area contributed by atoms with Gasteiger partial charge in [-0.05, 0) is 55.8 Å². The first-order valence-corrected chi connectivity index (χ1v) is 9.34. The molecule has 27 heavy (non-hydrogen) atoms. The minimum atomic E-state index is -3.89. The molecule has 1 aliphatic heterocycles. The highest BCUT2D eigenvalue weighted by Crippen LogP contribution is 2.25. The van der Waals surface area contributed by atoms with Gasteiger partial charge in [0, 0.05) is 12.3 Å². The molecule has 1 aromatic carbocycles. The molecule has 0 atom stereocenters. The smallest absolute Gasteiger partial charge is 0.269 e. The first-order chi connectivity index (χ1) is 12.7. The average molecular weight is 385 g/mol. The predicted octanol–water partition coefficient (Wildman–Crippen LogP) is 1.58. The van der Waals surface area contributed by atoms with E-state index in [1.165, 1.54) is 37.4 Å². The van der Waals surface area contributed by atoms with Gasteiger partial charge < -0.3 is 0 Å². The fourth-order valence-electron chi connectivity index (χ4n) is 2.53. The van der Waals surface area contributed by atoms with E-state index in [2.05, 4.69) is 9.71 Å². The third-order valence-electron chi connectivity index (χ3n) is 3.86. The lowest BCUT2D eigenvalue weighted by atomic mass is 10.2. The summed E-state index contributed by atoms with van der Waals surface area (Å²) in [5, 5.41) is 0. The number of hydrogen-bond acceptors (Lipinski definition) is 6. The zero-order valence-electron chi connectivity index (χ0n) is 14.5. The van der Waals surface area contributed by atoms with Crippen molar-refractivity contribution in [2.75, 3.05) is 9.62 Å². The molecule has 0 spiro atoms. The highest BCUT2D eigenvalue weighted by Gasteiger charge is 2.34. The maximum atomic E-state index is 12.5. The van der Waals surface area contributed by atoms with E-state index in [9.17, 15) is 22.8 Å². The van der Waals surface area contributed by atoms with Gasteiger partial charge in [0.2, 0.25) is 0 Å². The number of amides is 2. The molecule has 1 aliphatic rings. The van der Waals surface area contributed by atoms with E-state index in [1.807, 2.05) is 6.92 Å². The molecule has 9 heteroatoms. The number of sulfonamides is 1. The van der Waals surface area contributed by atoms with E-state index in [1.54, 1.807) is 12.1 Å². The quantitative estimate of drug-likeness (QED) is 0.617. The number of ketones is 1. The van der Waals surface area contributed by atoms with Gasteiger partial charge in [-0.1, -0.05) is 0 Å². The molecule has 2 aromatic rings. The van der Waals surface area contributed by atoms with Gasteiger partial charge in [0.05, 0.1) is 16.2 Å². The molecule has 0 unspecified atom stereocenters. The third kappa shape index (κ3) is 3.63. The standard InChI is InChI=1S/C18H15N3O5S/c1-11-7-8-19-16(9-11)20-27(25,26)14-5-3-13(4-6-14)21-17(23)10-15(12(2)22)18(21)24/h3-10H,1-2H3,(H,19,20). The van der Waals surface area contributed by atoms with Crippen LogP contribution < -0.4 is 9.62 Å². The van der Waals surface area contributed by atoms with Crippen molar-refractivity contribution in [2.45, 2.75) is 18.7 Å². The number of aromatic nitrogens is 1. The van der Waals surface area contributed by atoms with E-state index >= 15 is 0 Å². The summed E-state index contributed by atoms with van der Waals surface area (Å²) >= 11 is 0. The summed E-state index contributed by atoms with van der Waals surface area (Å²) in [6.45, 7) is 3.00. The second-order valence-corrected chi connectivity index (χ2v) is 7.59. The van der Waals surface area contributed by atoms with Crippen LogP contribution in [0.1, 0.15) is 12.5 Å². The van der Waals surface area contributed by atoms with Crippen LogP contribution in [0.15, 0.2) is 59.1 Å². The van der Waals surface area contributed by atoms with Crippen LogP contribution in [0.2, 0.25) is 0 Å². The molecule has 2 heterocycles. The number of benzene rings is 1. The summed E-state index contributed by atoms with van der Waals surface area (Å²) in [6.07, 6.45) is 2.46.